The summed E-state index contributed by atoms with van der Waals surface area (Å²) in [6.07, 6.45) is -3.31. The predicted octanol–water partition coefficient (Wildman–Crippen LogP) is -3.62. The molecule has 49 heavy (non-hydrogen) atoms. The first kappa shape index (κ1) is 42.7. The number of carboxylic acids is 2. The van der Waals surface area contributed by atoms with Crippen molar-refractivity contribution in [2.24, 2.45) is 17.6 Å². The van der Waals surface area contributed by atoms with Gasteiger partial charge in [-0.1, -0.05) is 27.7 Å². The van der Waals surface area contributed by atoms with E-state index in [-0.39, 0.29) is 18.9 Å². The number of carbonyl (C=O) groups is 8. The van der Waals surface area contributed by atoms with E-state index in [9.17, 15) is 58.8 Å². The maximum atomic E-state index is 13.4. The highest BCUT2D eigenvalue weighted by Gasteiger charge is 2.40. The molecule has 0 aromatic heterocycles. The molecule has 0 aliphatic carbocycles. The molecule has 0 bridgehead atoms. The Morgan fingerprint density at radius 1 is 0.694 bits per heavy atom. The highest BCUT2D eigenvalue weighted by atomic mass is 16.4. The summed E-state index contributed by atoms with van der Waals surface area (Å²) in [5.74, 6) is -9.03. The molecular weight excluding hydrogens is 650 g/mol. The second-order valence-electron chi connectivity index (χ2n) is 12.9. The van der Waals surface area contributed by atoms with Crippen molar-refractivity contribution < 1.29 is 58.8 Å². The number of rotatable bonds is 18. The SMILES string of the molecule is CC(C)[C@H](N)C(=O)N[C@@H](CC(=O)O)C(=O)N[C@H](C(=O)N[C@@H](C)C(=O)N1CCC[C@H]1C(=O)N[C@H](C(=O)N[C@H](C(=O)O)C(C)C)[C@@H](C)O)[C@@H](C)O. The first-order valence-corrected chi connectivity index (χ1v) is 16.0. The minimum Gasteiger partial charge on any atom is -0.481 e. The predicted molar refractivity (Wildman–Crippen MR) is 171 cm³/mol. The van der Waals surface area contributed by atoms with Crippen LogP contribution in [0.2, 0.25) is 0 Å². The van der Waals surface area contributed by atoms with Crippen molar-refractivity contribution in [1.29, 1.82) is 0 Å². The normalized spacial score (nSPS) is 19.3. The number of carbonyl (C=O) groups excluding carboxylic acids is 6. The third kappa shape index (κ3) is 12.6. The number of nitrogens with zero attached hydrogens (tertiary/aromatic N) is 1. The van der Waals surface area contributed by atoms with Crippen molar-refractivity contribution in [2.75, 3.05) is 6.54 Å². The zero-order valence-electron chi connectivity index (χ0n) is 28.8. The lowest BCUT2D eigenvalue weighted by molar-refractivity contribution is -0.145. The molecule has 0 aromatic carbocycles. The highest BCUT2D eigenvalue weighted by Crippen LogP contribution is 2.19. The molecule has 1 heterocycles. The monoisotopic (exact) mass is 701 g/mol. The van der Waals surface area contributed by atoms with Crippen molar-refractivity contribution in [3.8, 4) is 0 Å². The van der Waals surface area contributed by atoms with Gasteiger partial charge in [0.05, 0.1) is 24.7 Å². The van der Waals surface area contributed by atoms with E-state index in [1.54, 1.807) is 27.7 Å². The number of likely N-dealkylation sites (tertiary alicyclic amines) is 1. The van der Waals surface area contributed by atoms with Crippen LogP contribution in [0, 0.1) is 11.8 Å². The maximum Gasteiger partial charge on any atom is 0.326 e. The molecule has 1 saturated heterocycles. The molecular formula is C30H51N7O12. The summed E-state index contributed by atoms with van der Waals surface area (Å²) in [7, 11) is 0. The fourth-order valence-corrected chi connectivity index (χ4v) is 4.94. The Kier molecular flexibility index (Phi) is 16.5. The van der Waals surface area contributed by atoms with E-state index < -0.39 is 114 Å². The van der Waals surface area contributed by atoms with Crippen molar-refractivity contribution in [2.45, 2.75) is 122 Å². The van der Waals surface area contributed by atoms with Gasteiger partial charge >= 0.3 is 11.9 Å². The number of nitrogens with two attached hydrogens (primary N) is 1. The fourth-order valence-electron chi connectivity index (χ4n) is 4.94. The second-order valence-corrected chi connectivity index (χ2v) is 12.9. The Balaban J connectivity index is 3.03. The number of carboxylic acid groups (broad SMARTS) is 2. The molecule has 0 saturated carbocycles. The van der Waals surface area contributed by atoms with Crippen LogP contribution in [0.1, 0.15) is 67.7 Å². The Labute approximate surface area is 284 Å². The molecule has 0 spiro atoms. The van der Waals surface area contributed by atoms with Gasteiger partial charge in [0.25, 0.3) is 0 Å². The van der Waals surface area contributed by atoms with Crippen LogP contribution in [0.25, 0.3) is 0 Å². The van der Waals surface area contributed by atoms with Gasteiger partial charge < -0.3 is 57.6 Å². The Bertz CT molecular complexity index is 1240. The number of amides is 6. The molecule has 0 unspecified atom stereocenters. The molecule has 1 rings (SSSR count). The van der Waals surface area contributed by atoms with Crippen LogP contribution in [0.15, 0.2) is 0 Å². The maximum absolute atomic E-state index is 13.4. The van der Waals surface area contributed by atoms with Gasteiger partial charge in [-0.05, 0) is 45.4 Å². The summed E-state index contributed by atoms with van der Waals surface area (Å²) in [5.41, 5.74) is 5.78. The highest BCUT2D eigenvalue weighted by molar-refractivity contribution is 5.98. The van der Waals surface area contributed by atoms with Crippen LogP contribution in [-0.4, -0.2) is 134 Å². The molecule has 0 radical (unpaired) electrons. The average molecular weight is 702 g/mol. The standard InChI is InChI=1S/C30H51N7O12/c1-12(2)20(31)26(44)33-17(11-19(40)41)24(42)35-22(15(6)38)27(45)32-14(5)29(47)37-10-8-9-18(37)25(43)36-23(16(7)39)28(46)34-21(13(3)4)30(48)49/h12-18,20-23,38-39H,8-11,31H2,1-7H3,(H,32,45)(H,33,44)(H,34,46)(H,35,42)(H,36,43)(H,40,41)(H,48,49)/t14-,15+,16+,17-,18-,20-,21-,22-,23-/m0/s1. The number of aliphatic carboxylic acids is 2. The summed E-state index contributed by atoms with van der Waals surface area (Å²) in [6, 6.07) is -9.68. The Morgan fingerprint density at radius 2 is 1.20 bits per heavy atom. The van der Waals surface area contributed by atoms with Gasteiger partial charge in [0.15, 0.2) is 0 Å². The number of aliphatic hydroxyl groups is 2. The van der Waals surface area contributed by atoms with Gasteiger partial charge in [-0.15, -0.1) is 0 Å². The quantitative estimate of drug-likeness (QED) is 0.0661. The third-order valence-electron chi connectivity index (χ3n) is 7.96. The number of nitrogens with one attached hydrogen (secondary N) is 5. The van der Waals surface area contributed by atoms with Crippen LogP contribution < -0.4 is 32.3 Å². The van der Waals surface area contributed by atoms with Crippen LogP contribution in [0.4, 0.5) is 0 Å². The average Bonchev–Trinajstić information content (AvgIpc) is 3.48. The Morgan fingerprint density at radius 3 is 1.67 bits per heavy atom. The molecule has 1 aliphatic heterocycles. The first-order chi connectivity index (χ1) is 22.6. The van der Waals surface area contributed by atoms with Gasteiger partial charge in [0.2, 0.25) is 35.4 Å². The first-order valence-electron chi connectivity index (χ1n) is 16.0. The molecule has 0 aromatic rings. The van der Waals surface area contributed by atoms with Gasteiger partial charge in [-0.2, -0.15) is 0 Å². The van der Waals surface area contributed by atoms with Crippen molar-refractivity contribution in [3.05, 3.63) is 0 Å². The van der Waals surface area contributed by atoms with Gasteiger partial charge in [-0.25, -0.2) is 4.79 Å². The van der Waals surface area contributed by atoms with Crippen molar-refractivity contribution in [3.63, 3.8) is 0 Å². The van der Waals surface area contributed by atoms with Crippen molar-refractivity contribution in [1.82, 2.24) is 31.5 Å². The topological polar surface area (TPSA) is 307 Å². The van der Waals surface area contributed by atoms with Crippen LogP contribution >= 0.6 is 0 Å². The Hall–Kier alpha value is -4.36. The summed E-state index contributed by atoms with van der Waals surface area (Å²) >= 11 is 0. The number of aliphatic hydroxyl groups excluding tert-OH is 2. The third-order valence-corrected chi connectivity index (χ3v) is 7.96. The van der Waals surface area contributed by atoms with Gasteiger partial charge in [0, 0.05) is 6.54 Å². The van der Waals surface area contributed by atoms with E-state index in [4.69, 9.17) is 5.73 Å². The zero-order valence-corrected chi connectivity index (χ0v) is 28.8. The van der Waals surface area contributed by atoms with Gasteiger partial charge in [0.1, 0.15) is 36.3 Å². The summed E-state index contributed by atoms with van der Waals surface area (Å²) in [5, 5.41) is 50.6. The van der Waals surface area contributed by atoms with Crippen LogP contribution in [-0.2, 0) is 38.4 Å². The summed E-state index contributed by atoms with van der Waals surface area (Å²) in [6.45, 7) is 10.2. The molecule has 278 valence electrons. The van der Waals surface area contributed by atoms with Crippen molar-refractivity contribution >= 4 is 47.4 Å². The molecule has 9 atom stereocenters. The van der Waals surface area contributed by atoms with Crippen LogP contribution in [0.3, 0.4) is 0 Å². The second kappa shape index (κ2) is 19.0. The molecule has 19 heteroatoms. The zero-order chi connectivity index (χ0) is 37.9. The molecule has 1 fully saturated rings. The molecule has 1 aliphatic rings. The lowest BCUT2D eigenvalue weighted by Gasteiger charge is -2.30. The van der Waals surface area contributed by atoms with E-state index in [0.29, 0.717) is 6.42 Å². The van der Waals surface area contributed by atoms with E-state index >= 15 is 0 Å². The number of hydrogen-bond acceptors (Lipinski definition) is 11. The van der Waals surface area contributed by atoms with E-state index in [0.717, 1.165) is 11.8 Å². The molecule has 19 nitrogen and oxygen atoms in total. The molecule has 6 amide bonds. The fraction of sp³-hybridized carbons (Fsp3) is 0.733. The molecule has 11 N–H and O–H groups in total. The summed E-state index contributed by atoms with van der Waals surface area (Å²) in [4.78, 5) is 102. The lowest BCUT2D eigenvalue weighted by atomic mass is 10.0. The van der Waals surface area contributed by atoms with E-state index in [1.165, 1.54) is 13.8 Å². The van der Waals surface area contributed by atoms with Gasteiger partial charge in [-0.3, -0.25) is 33.6 Å². The van der Waals surface area contributed by atoms with E-state index in [1.807, 2.05) is 0 Å². The minimum absolute atomic E-state index is 0.0861. The van der Waals surface area contributed by atoms with E-state index in [2.05, 4.69) is 26.6 Å². The number of hydrogen-bond donors (Lipinski definition) is 10. The summed E-state index contributed by atoms with van der Waals surface area (Å²) < 4.78 is 0. The van der Waals surface area contributed by atoms with Crippen LogP contribution in [0.5, 0.6) is 0 Å². The minimum atomic E-state index is -1.70. The lowest BCUT2D eigenvalue weighted by Crippen LogP contribution is -2.61. The smallest absolute Gasteiger partial charge is 0.326 e. The largest absolute Gasteiger partial charge is 0.481 e.